The number of carbonyl (C=O) groups excluding carboxylic acids is 2. The minimum atomic E-state index is -0.313. The number of nitrogens with one attached hydrogen (secondary N) is 2. The number of thiazole rings is 1. The van der Waals surface area contributed by atoms with Crippen molar-refractivity contribution in [2.24, 2.45) is 0 Å². The summed E-state index contributed by atoms with van der Waals surface area (Å²) in [5, 5.41) is 15.4. The van der Waals surface area contributed by atoms with Crippen molar-refractivity contribution >= 4 is 50.3 Å². The molecule has 3 aromatic carbocycles. The minimum absolute atomic E-state index is 0.0801. The van der Waals surface area contributed by atoms with Crippen molar-refractivity contribution in [1.29, 1.82) is 0 Å². The van der Waals surface area contributed by atoms with Crippen LogP contribution in [0.4, 0.5) is 5.13 Å². The Kier molecular flexibility index (Phi) is 8.04. The van der Waals surface area contributed by atoms with Crippen LogP contribution in [-0.2, 0) is 11.3 Å². The molecule has 0 aliphatic heterocycles. The van der Waals surface area contributed by atoms with E-state index in [0.717, 1.165) is 10.2 Å². The van der Waals surface area contributed by atoms with Gasteiger partial charge in [0.15, 0.2) is 16.1 Å². The van der Waals surface area contributed by atoms with Gasteiger partial charge in [-0.25, -0.2) is 4.98 Å². The zero-order chi connectivity index (χ0) is 27.2. The average molecular weight is 561 g/mol. The fraction of sp³-hybridized carbons (Fsp3) is 0.148. The Labute approximate surface area is 232 Å². The van der Waals surface area contributed by atoms with Crippen molar-refractivity contribution < 1.29 is 19.1 Å². The lowest BCUT2D eigenvalue weighted by atomic mass is 10.2. The predicted molar refractivity (Wildman–Crippen MR) is 151 cm³/mol. The summed E-state index contributed by atoms with van der Waals surface area (Å²) in [6.07, 6.45) is 0. The molecule has 0 saturated heterocycles. The van der Waals surface area contributed by atoms with Crippen LogP contribution in [0.1, 0.15) is 16.2 Å². The second kappa shape index (κ2) is 12.0. The highest BCUT2D eigenvalue weighted by Crippen LogP contribution is 2.30. The zero-order valence-electron chi connectivity index (χ0n) is 21.1. The number of hydrogen-bond donors (Lipinski definition) is 2. The molecule has 2 heterocycles. The summed E-state index contributed by atoms with van der Waals surface area (Å²) in [7, 11) is 3.09. The number of anilines is 1. The van der Waals surface area contributed by atoms with Crippen LogP contribution in [0.5, 0.6) is 11.5 Å². The van der Waals surface area contributed by atoms with E-state index in [1.54, 1.807) is 35.9 Å². The Morgan fingerprint density at radius 2 is 1.64 bits per heavy atom. The highest BCUT2D eigenvalue weighted by atomic mass is 32.2. The van der Waals surface area contributed by atoms with Crippen LogP contribution in [0.2, 0.25) is 0 Å². The average Bonchev–Trinajstić information content (AvgIpc) is 3.57. The van der Waals surface area contributed by atoms with Crippen LogP contribution in [0.15, 0.2) is 78.0 Å². The number of methoxy groups -OCH3 is 2. The van der Waals surface area contributed by atoms with E-state index in [9.17, 15) is 9.59 Å². The minimum Gasteiger partial charge on any atom is -0.496 e. The van der Waals surface area contributed by atoms with E-state index in [-0.39, 0.29) is 24.1 Å². The second-order valence-corrected chi connectivity index (χ2v) is 10.1. The van der Waals surface area contributed by atoms with Crippen LogP contribution in [-0.4, -0.2) is 51.5 Å². The molecule has 39 heavy (non-hydrogen) atoms. The number of amides is 2. The smallest absolute Gasteiger partial charge is 0.255 e. The fourth-order valence-corrected chi connectivity index (χ4v) is 5.51. The van der Waals surface area contributed by atoms with Gasteiger partial charge >= 0.3 is 0 Å². The lowest BCUT2D eigenvalue weighted by Crippen LogP contribution is -2.25. The number of aromatic nitrogens is 4. The van der Waals surface area contributed by atoms with Gasteiger partial charge in [-0.15, -0.1) is 10.2 Å². The summed E-state index contributed by atoms with van der Waals surface area (Å²) in [5.41, 5.74) is 1.92. The molecule has 0 aliphatic rings. The maximum absolute atomic E-state index is 12.9. The predicted octanol–water partition coefficient (Wildman–Crippen LogP) is 4.56. The topological polar surface area (TPSA) is 120 Å². The van der Waals surface area contributed by atoms with Crippen LogP contribution < -0.4 is 20.1 Å². The standard InChI is InChI=1S/C27H24N6O4S2/c1-36-20-12-6-3-9-17(20)25(35)28-15-23-31-32-27(33(23)19-11-5-7-13-21(19)37-2)38-16-24(34)30-26-29-18-10-4-8-14-22(18)39-26/h3-14H,15-16H2,1-2H3,(H,28,35)(H,29,30,34). The van der Waals surface area contributed by atoms with Gasteiger partial charge in [0.1, 0.15) is 11.5 Å². The Morgan fingerprint density at radius 1 is 0.923 bits per heavy atom. The molecular formula is C27H24N6O4S2. The van der Waals surface area contributed by atoms with Crippen LogP contribution >= 0.6 is 23.1 Å². The molecule has 0 spiro atoms. The molecule has 5 aromatic rings. The molecule has 0 radical (unpaired) electrons. The Hall–Kier alpha value is -4.42. The lowest BCUT2D eigenvalue weighted by Gasteiger charge is -2.14. The quantitative estimate of drug-likeness (QED) is 0.239. The third-order valence-electron chi connectivity index (χ3n) is 5.66. The van der Waals surface area contributed by atoms with E-state index in [4.69, 9.17) is 9.47 Å². The van der Waals surface area contributed by atoms with Crippen LogP contribution in [0.25, 0.3) is 15.9 Å². The Balaban J connectivity index is 1.35. The van der Waals surface area contributed by atoms with E-state index in [2.05, 4.69) is 25.8 Å². The van der Waals surface area contributed by atoms with Crippen molar-refractivity contribution in [3.8, 4) is 17.2 Å². The number of thioether (sulfide) groups is 1. The highest BCUT2D eigenvalue weighted by molar-refractivity contribution is 7.99. The molecule has 198 valence electrons. The van der Waals surface area contributed by atoms with Gasteiger partial charge in [-0.1, -0.05) is 59.5 Å². The van der Waals surface area contributed by atoms with Gasteiger partial charge in [-0.2, -0.15) is 0 Å². The monoisotopic (exact) mass is 560 g/mol. The number of hydrogen-bond acceptors (Lipinski definition) is 9. The number of fused-ring (bicyclic) bond motifs is 1. The molecule has 0 atom stereocenters. The summed E-state index contributed by atoms with van der Waals surface area (Å²) >= 11 is 2.63. The van der Waals surface area contributed by atoms with Gasteiger partial charge in [0.2, 0.25) is 5.91 Å². The van der Waals surface area contributed by atoms with E-state index in [1.807, 2.05) is 48.5 Å². The number of carbonyl (C=O) groups is 2. The molecule has 0 saturated carbocycles. The van der Waals surface area contributed by atoms with E-state index in [0.29, 0.717) is 38.9 Å². The molecule has 2 amide bonds. The lowest BCUT2D eigenvalue weighted by molar-refractivity contribution is -0.113. The number of benzene rings is 3. The van der Waals surface area contributed by atoms with Gasteiger partial charge < -0.3 is 20.1 Å². The Bertz CT molecular complexity index is 1600. The van der Waals surface area contributed by atoms with Crippen molar-refractivity contribution in [3.63, 3.8) is 0 Å². The third kappa shape index (κ3) is 5.86. The first-order valence-corrected chi connectivity index (χ1v) is 13.6. The van der Waals surface area contributed by atoms with Crippen molar-refractivity contribution in [1.82, 2.24) is 25.1 Å². The molecule has 2 aromatic heterocycles. The third-order valence-corrected chi connectivity index (χ3v) is 7.54. The van der Waals surface area contributed by atoms with Gasteiger partial charge in [-0.3, -0.25) is 14.2 Å². The van der Waals surface area contributed by atoms with E-state index >= 15 is 0 Å². The first kappa shape index (κ1) is 26.2. The maximum atomic E-state index is 12.9. The first-order valence-electron chi connectivity index (χ1n) is 11.8. The van der Waals surface area contributed by atoms with Gasteiger partial charge in [0.05, 0.1) is 48.0 Å². The fourth-order valence-electron chi connectivity index (χ4n) is 3.86. The number of rotatable bonds is 10. The highest BCUT2D eigenvalue weighted by Gasteiger charge is 2.20. The van der Waals surface area contributed by atoms with Crippen molar-refractivity contribution in [3.05, 3.63) is 84.2 Å². The SMILES string of the molecule is COc1ccccc1C(=O)NCc1nnc(SCC(=O)Nc2nc3ccccc3s2)n1-c1ccccc1OC. The zero-order valence-corrected chi connectivity index (χ0v) is 22.7. The second-order valence-electron chi connectivity index (χ2n) is 8.11. The van der Waals surface area contributed by atoms with Crippen molar-refractivity contribution in [2.45, 2.75) is 11.7 Å². The van der Waals surface area contributed by atoms with Gasteiger partial charge in [-0.05, 0) is 36.4 Å². The van der Waals surface area contributed by atoms with Crippen LogP contribution in [0.3, 0.4) is 0 Å². The Morgan fingerprint density at radius 3 is 2.44 bits per heavy atom. The molecule has 0 aliphatic carbocycles. The summed E-state index contributed by atoms with van der Waals surface area (Å²) < 4.78 is 13.6. The molecule has 12 heteroatoms. The first-order chi connectivity index (χ1) is 19.1. The van der Waals surface area contributed by atoms with Crippen LogP contribution in [0, 0.1) is 0 Å². The molecule has 0 unspecified atom stereocenters. The normalized spacial score (nSPS) is 10.8. The summed E-state index contributed by atoms with van der Waals surface area (Å²) in [4.78, 5) is 30.1. The largest absolute Gasteiger partial charge is 0.496 e. The molecule has 0 fully saturated rings. The van der Waals surface area contributed by atoms with E-state index < -0.39 is 0 Å². The number of para-hydroxylation sites is 4. The molecular weight excluding hydrogens is 536 g/mol. The number of nitrogens with zero attached hydrogens (tertiary/aromatic N) is 4. The molecule has 2 N–H and O–H groups in total. The summed E-state index contributed by atoms with van der Waals surface area (Å²) in [6, 6.07) is 22.1. The van der Waals surface area contributed by atoms with E-state index in [1.165, 1.54) is 30.2 Å². The number of ether oxygens (including phenoxy) is 2. The molecule has 5 rings (SSSR count). The molecule has 0 bridgehead atoms. The molecule has 10 nitrogen and oxygen atoms in total. The summed E-state index contributed by atoms with van der Waals surface area (Å²) in [5.74, 6) is 1.08. The summed E-state index contributed by atoms with van der Waals surface area (Å²) in [6.45, 7) is 0.0837. The van der Waals surface area contributed by atoms with Gasteiger partial charge in [0.25, 0.3) is 5.91 Å². The van der Waals surface area contributed by atoms with Crippen molar-refractivity contribution in [2.75, 3.05) is 25.3 Å². The maximum Gasteiger partial charge on any atom is 0.255 e. The van der Waals surface area contributed by atoms with Gasteiger partial charge in [0, 0.05) is 0 Å².